The number of esters is 1. The molecular formula is C20H14F2O2S. The van der Waals surface area contributed by atoms with Gasteiger partial charge in [0.1, 0.15) is 18.2 Å². The molecule has 0 fully saturated rings. The third kappa shape index (κ3) is 4.61. The van der Waals surface area contributed by atoms with Crippen LogP contribution in [0.3, 0.4) is 0 Å². The number of carbonyl (C=O) groups is 1. The highest BCUT2D eigenvalue weighted by Gasteiger charge is 2.15. The minimum atomic E-state index is -0.518. The highest BCUT2D eigenvalue weighted by Crippen LogP contribution is 2.25. The van der Waals surface area contributed by atoms with Crippen LogP contribution < -0.4 is 0 Å². The number of rotatable bonds is 5. The third-order valence-corrected chi connectivity index (χ3v) is 4.35. The Bertz CT molecular complexity index is 884. The summed E-state index contributed by atoms with van der Waals surface area (Å²) in [7, 11) is 0. The van der Waals surface area contributed by atoms with Crippen LogP contribution in [0.5, 0.6) is 0 Å². The van der Waals surface area contributed by atoms with Gasteiger partial charge < -0.3 is 4.74 Å². The van der Waals surface area contributed by atoms with E-state index < -0.39 is 5.97 Å². The Balaban J connectivity index is 1.82. The molecule has 25 heavy (non-hydrogen) atoms. The molecule has 0 aliphatic rings. The van der Waals surface area contributed by atoms with Crippen molar-refractivity contribution in [3.05, 3.63) is 93.7 Å². The maximum absolute atomic E-state index is 13.2. The van der Waals surface area contributed by atoms with E-state index in [4.69, 9.17) is 4.74 Å². The van der Waals surface area contributed by atoms with Gasteiger partial charge in [-0.3, -0.25) is 0 Å². The van der Waals surface area contributed by atoms with Crippen molar-refractivity contribution in [1.29, 1.82) is 0 Å². The number of halogens is 2. The van der Waals surface area contributed by atoms with Crippen molar-refractivity contribution in [3.8, 4) is 0 Å². The second kappa shape index (κ2) is 7.85. The van der Waals surface area contributed by atoms with Crippen molar-refractivity contribution >= 4 is 29.0 Å². The Morgan fingerprint density at radius 1 is 1.00 bits per heavy atom. The number of benzene rings is 2. The van der Waals surface area contributed by atoms with Gasteiger partial charge in [0.15, 0.2) is 0 Å². The molecule has 1 aromatic heterocycles. The quantitative estimate of drug-likeness (QED) is 0.457. The minimum Gasteiger partial charge on any atom is -0.457 e. The Kier molecular flexibility index (Phi) is 5.36. The van der Waals surface area contributed by atoms with Gasteiger partial charge in [0, 0.05) is 4.88 Å². The molecule has 0 aliphatic heterocycles. The van der Waals surface area contributed by atoms with Crippen LogP contribution in [-0.4, -0.2) is 5.97 Å². The lowest BCUT2D eigenvalue weighted by Crippen LogP contribution is -2.06. The van der Waals surface area contributed by atoms with Gasteiger partial charge in [-0.25, -0.2) is 13.6 Å². The molecule has 0 aliphatic carbocycles. The van der Waals surface area contributed by atoms with Gasteiger partial charge in [-0.1, -0.05) is 30.3 Å². The van der Waals surface area contributed by atoms with Gasteiger partial charge in [0.25, 0.3) is 0 Å². The fourth-order valence-electron chi connectivity index (χ4n) is 2.24. The molecule has 2 nitrogen and oxygen atoms in total. The normalized spacial score (nSPS) is 11.4. The summed E-state index contributed by atoms with van der Waals surface area (Å²) in [4.78, 5) is 13.3. The van der Waals surface area contributed by atoms with Crippen molar-refractivity contribution in [2.75, 3.05) is 0 Å². The monoisotopic (exact) mass is 356 g/mol. The summed E-state index contributed by atoms with van der Waals surface area (Å²) in [5.74, 6) is -1.24. The van der Waals surface area contributed by atoms with Gasteiger partial charge in [0.05, 0.1) is 5.57 Å². The first-order valence-electron chi connectivity index (χ1n) is 7.54. The first-order chi connectivity index (χ1) is 12.1. The summed E-state index contributed by atoms with van der Waals surface area (Å²) < 4.78 is 31.6. The van der Waals surface area contributed by atoms with Crippen LogP contribution in [0.1, 0.15) is 16.0 Å². The van der Waals surface area contributed by atoms with E-state index in [0.717, 1.165) is 4.88 Å². The summed E-state index contributed by atoms with van der Waals surface area (Å²) in [5, 5.41) is 1.85. The van der Waals surface area contributed by atoms with Gasteiger partial charge >= 0.3 is 5.97 Å². The Morgan fingerprint density at radius 3 is 2.48 bits per heavy atom. The summed E-state index contributed by atoms with van der Waals surface area (Å²) in [6, 6.07) is 15.4. The molecule has 1 heterocycles. The van der Waals surface area contributed by atoms with Crippen LogP contribution in [0.4, 0.5) is 8.78 Å². The molecule has 0 spiro atoms. The van der Waals surface area contributed by atoms with Crippen LogP contribution in [0.15, 0.2) is 66.0 Å². The summed E-state index contributed by atoms with van der Waals surface area (Å²) >= 11 is 1.40. The fraction of sp³-hybridized carbons (Fsp3) is 0.0500. The van der Waals surface area contributed by atoms with Crippen LogP contribution >= 0.6 is 11.3 Å². The minimum absolute atomic E-state index is 0.0251. The Hall–Kier alpha value is -2.79. The first kappa shape index (κ1) is 17.0. The zero-order chi connectivity index (χ0) is 17.6. The fourth-order valence-corrected chi connectivity index (χ4v) is 2.97. The van der Waals surface area contributed by atoms with Crippen molar-refractivity contribution in [3.63, 3.8) is 0 Å². The van der Waals surface area contributed by atoms with Gasteiger partial charge in [-0.2, -0.15) is 0 Å². The van der Waals surface area contributed by atoms with E-state index in [1.54, 1.807) is 30.3 Å². The summed E-state index contributed by atoms with van der Waals surface area (Å²) in [5.41, 5.74) is 1.63. The van der Waals surface area contributed by atoms with Crippen molar-refractivity contribution < 1.29 is 18.3 Å². The molecule has 126 valence electrons. The molecule has 0 unspecified atom stereocenters. The maximum atomic E-state index is 13.2. The SMILES string of the molecule is O=C(OCc1cccc(F)c1)C(=Cc1ccc(F)cc1)c1cccs1. The van der Waals surface area contributed by atoms with Crippen molar-refractivity contribution in [2.24, 2.45) is 0 Å². The highest BCUT2D eigenvalue weighted by molar-refractivity contribution is 7.11. The van der Waals surface area contributed by atoms with Crippen molar-refractivity contribution in [2.45, 2.75) is 6.61 Å². The van der Waals surface area contributed by atoms with E-state index in [1.165, 1.54) is 35.6 Å². The zero-order valence-electron chi connectivity index (χ0n) is 13.1. The number of ether oxygens (including phenoxy) is 1. The molecule has 0 saturated carbocycles. The molecule has 5 heteroatoms. The first-order valence-corrected chi connectivity index (χ1v) is 8.42. The predicted molar refractivity (Wildman–Crippen MR) is 94.8 cm³/mol. The van der Waals surface area contributed by atoms with E-state index >= 15 is 0 Å². The average molecular weight is 356 g/mol. The van der Waals surface area contributed by atoms with Crippen LogP contribution in [0.2, 0.25) is 0 Å². The van der Waals surface area contributed by atoms with Crippen LogP contribution in [0, 0.1) is 11.6 Å². The van der Waals surface area contributed by atoms with Crippen LogP contribution in [-0.2, 0) is 16.1 Å². The molecule has 2 aromatic carbocycles. The van der Waals surface area contributed by atoms with Crippen LogP contribution in [0.25, 0.3) is 11.6 Å². The molecule has 3 aromatic rings. The molecule has 3 rings (SSSR count). The predicted octanol–water partition coefficient (Wildman–Crippen LogP) is 5.31. The average Bonchev–Trinajstić information content (AvgIpc) is 3.13. The van der Waals surface area contributed by atoms with E-state index in [0.29, 0.717) is 16.7 Å². The molecule has 0 amide bonds. The smallest absolute Gasteiger partial charge is 0.339 e. The molecule has 0 N–H and O–H groups in total. The number of carbonyl (C=O) groups excluding carboxylic acids is 1. The lowest BCUT2D eigenvalue weighted by Gasteiger charge is -2.08. The number of hydrogen-bond donors (Lipinski definition) is 0. The van der Waals surface area contributed by atoms with Crippen molar-refractivity contribution in [1.82, 2.24) is 0 Å². The summed E-state index contributed by atoms with van der Waals surface area (Å²) in [6.45, 7) is -0.0251. The molecule has 0 radical (unpaired) electrons. The number of hydrogen-bond acceptors (Lipinski definition) is 3. The third-order valence-electron chi connectivity index (χ3n) is 3.45. The molecule has 0 atom stereocenters. The van der Waals surface area contributed by atoms with Gasteiger partial charge in [-0.15, -0.1) is 11.3 Å². The molecular weight excluding hydrogens is 342 g/mol. The standard InChI is InChI=1S/C20H14F2O2S/c21-16-8-6-14(7-9-16)12-18(19-5-2-10-25-19)20(23)24-13-15-3-1-4-17(22)11-15/h1-12H,13H2. The van der Waals surface area contributed by atoms with E-state index in [2.05, 4.69) is 0 Å². The zero-order valence-corrected chi connectivity index (χ0v) is 13.9. The highest BCUT2D eigenvalue weighted by atomic mass is 32.1. The second-order valence-electron chi connectivity index (χ2n) is 5.29. The lowest BCUT2D eigenvalue weighted by molar-refractivity contribution is -0.137. The summed E-state index contributed by atoms with van der Waals surface area (Å²) in [6.07, 6.45) is 1.65. The van der Waals surface area contributed by atoms with E-state index in [-0.39, 0.29) is 18.2 Å². The lowest BCUT2D eigenvalue weighted by atomic mass is 10.1. The maximum Gasteiger partial charge on any atom is 0.339 e. The van der Waals surface area contributed by atoms with E-state index in [9.17, 15) is 13.6 Å². The second-order valence-corrected chi connectivity index (χ2v) is 6.24. The Labute approximate surface area is 148 Å². The molecule has 0 bridgehead atoms. The van der Waals surface area contributed by atoms with E-state index in [1.807, 2.05) is 17.5 Å². The number of thiophene rings is 1. The topological polar surface area (TPSA) is 26.3 Å². The van der Waals surface area contributed by atoms with Gasteiger partial charge in [-0.05, 0) is 52.9 Å². The Morgan fingerprint density at radius 2 is 1.80 bits per heavy atom. The molecule has 0 saturated heterocycles. The van der Waals surface area contributed by atoms with Gasteiger partial charge in [0.2, 0.25) is 0 Å². The largest absolute Gasteiger partial charge is 0.457 e.